The Balaban J connectivity index is 2.25. The molecule has 0 unspecified atom stereocenters. The molecule has 1 aromatic carbocycles. The predicted octanol–water partition coefficient (Wildman–Crippen LogP) is 4.55. The van der Waals surface area contributed by atoms with Crippen LogP contribution >= 0.6 is 34.8 Å². The van der Waals surface area contributed by atoms with Crippen LogP contribution in [0.1, 0.15) is 5.69 Å². The summed E-state index contributed by atoms with van der Waals surface area (Å²) in [5.74, 6) is 0.926. The van der Waals surface area contributed by atoms with Crippen molar-refractivity contribution in [1.82, 2.24) is 10.3 Å². The standard InChI is InChI=1S/C13H11Cl3N2O/c1-17-7-11-9(15)3-5-13(18-11)19-12-4-2-8(14)6-10(12)16/h2-6,17H,7H2,1H3. The molecule has 0 atom stereocenters. The highest BCUT2D eigenvalue weighted by atomic mass is 35.5. The van der Waals surface area contributed by atoms with E-state index in [9.17, 15) is 0 Å². The summed E-state index contributed by atoms with van der Waals surface area (Å²) in [4.78, 5) is 4.31. The van der Waals surface area contributed by atoms with Crippen molar-refractivity contribution in [2.24, 2.45) is 0 Å². The number of halogens is 3. The van der Waals surface area contributed by atoms with Gasteiger partial charge in [0.05, 0.1) is 15.7 Å². The minimum atomic E-state index is 0.430. The molecule has 0 radical (unpaired) electrons. The van der Waals surface area contributed by atoms with Crippen molar-refractivity contribution in [2.75, 3.05) is 7.05 Å². The first kappa shape index (κ1) is 14.4. The van der Waals surface area contributed by atoms with E-state index in [0.29, 0.717) is 38.9 Å². The van der Waals surface area contributed by atoms with Crippen molar-refractivity contribution in [1.29, 1.82) is 0 Å². The maximum atomic E-state index is 6.04. The second-order valence-electron chi connectivity index (χ2n) is 3.79. The number of rotatable bonds is 4. The summed E-state index contributed by atoms with van der Waals surface area (Å²) < 4.78 is 5.62. The van der Waals surface area contributed by atoms with E-state index >= 15 is 0 Å². The van der Waals surface area contributed by atoms with Crippen LogP contribution in [0.5, 0.6) is 11.6 Å². The third kappa shape index (κ3) is 3.74. The van der Waals surface area contributed by atoms with Gasteiger partial charge in [0.1, 0.15) is 5.75 Å². The molecule has 0 fully saturated rings. The van der Waals surface area contributed by atoms with Crippen LogP contribution in [0.2, 0.25) is 15.1 Å². The number of hydrogen-bond acceptors (Lipinski definition) is 3. The van der Waals surface area contributed by atoms with E-state index in [-0.39, 0.29) is 0 Å². The third-order valence-corrected chi connectivity index (χ3v) is 3.22. The van der Waals surface area contributed by atoms with Gasteiger partial charge in [-0.05, 0) is 31.3 Å². The van der Waals surface area contributed by atoms with E-state index in [0.717, 1.165) is 0 Å². The Bertz CT molecular complexity index is 590. The molecule has 1 heterocycles. The normalized spacial score (nSPS) is 10.5. The summed E-state index contributed by atoms with van der Waals surface area (Å²) in [6.45, 7) is 0.560. The summed E-state index contributed by atoms with van der Waals surface area (Å²) >= 11 is 17.9. The highest BCUT2D eigenvalue weighted by molar-refractivity contribution is 6.35. The van der Waals surface area contributed by atoms with Gasteiger partial charge in [-0.3, -0.25) is 0 Å². The zero-order valence-corrected chi connectivity index (χ0v) is 12.4. The molecule has 6 heteroatoms. The topological polar surface area (TPSA) is 34.2 Å². The summed E-state index contributed by atoms with van der Waals surface area (Å²) in [5, 5.41) is 4.56. The number of pyridine rings is 1. The Kier molecular flexibility index (Phi) is 4.88. The predicted molar refractivity (Wildman–Crippen MR) is 78.5 cm³/mol. The monoisotopic (exact) mass is 316 g/mol. The minimum absolute atomic E-state index is 0.430. The Morgan fingerprint density at radius 1 is 1.11 bits per heavy atom. The van der Waals surface area contributed by atoms with E-state index in [1.165, 1.54) is 0 Å². The molecular formula is C13H11Cl3N2O. The molecule has 2 rings (SSSR count). The van der Waals surface area contributed by atoms with Gasteiger partial charge in [0.2, 0.25) is 5.88 Å². The molecule has 19 heavy (non-hydrogen) atoms. The highest BCUT2D eigenvalue weighted by Gasteiger charge is 2.08. The van der Waals surface area contributed by atoms with Gasteiger partial charge in [0, 0.05) is 17.6 Å². The van der Waals surface area contributed by atoms with Gasteiger partial charge in [-0.25, -0.2) is 4.98 Å². The van der Waals surface area contributed by atoms with Crippen molar-refractivity contribution in [3.63, 3.8) is 0 Å². The number of nitrogens with zero attached hydrogens (tertiary/aromatic N) is 1. The third-order valence-electron chi connectivity index (χ3n) is 2.35. The second-order valence-corrected chi connectivity index (χ2v) is 5.04. The lowest BCUT2D eigenvalue weighted by Gasteiger charge is -2.09. The van der Waals surface area contributed by atoms with Crippen LogP contribution in [0, 0.1) is 0 Å². The fraction of sp³-hybridized carbons (Fsp3) is 0.154. The number of nitrogens with one attached hydrogen (secondary N) is 1. The fourth-order valence-electron chi connectivity index (χ4n) is 1.48. The molecule has 0 aliphatic heterocycles. The summed E-state index contributed by atoms with van der Waals surface area (Å²) in [6, 6.07) is 8.43. The first-order valence-electron chi connectivity index (χ1n) is 5.53. The molecule has 0 aliphatic carbocycles. The number of ether oxygens (including phenoxy) is 1. The largest absolute Gasteiger partial charge is 0.437 e. The van der Waals surface area contributed by atoms with Crippen LogP contribution in [-0.2, 0) is 6.54 Å². The fourth-order valence-corrected chi connectivity index (χ4v) is 2.10. The maximum absolute atomic E-state index is 6.04. The molecule has 0 saturated carbocycles. The van der Waals surface area contributed by atoms with Gasteiger partial charge in [-0.2, -0.15) is 0 Å². The van der Waals surface area contributed by atoms with Crippen LogP contribution in [0.4, 0.5) is 0 Å². The Morgan fingerprint density at radius 2 is 1.89 bits per heavy atom. The molecular weight excluding hydrogens is 307 g/mol. The average Bonchev–Trinajstić information content (AvgIpc) is 2.37. The number of benzene rings is 1. The van der Waals surface area contributed by atoms with E-state index in [4.69, 9.17) is 39.5 Å². The van der Waals surface area contributed by atoms with E-state index in [2.05, 4.69) is 10.3 Å². The second kappa shape index (κ2) is 6.44. The molecule has 1 aromatic heterocycles. The molecule has 1 N–H and O–H groups in total. The average molecular weight is 318 g/mol. The number of aromatic nitrogens is 1. The van der Waals surface area contributed by atoms with Crippen molar-refractivity contribution >= 4 is 34.8 Å². The van der Waals surface area contributed by atoms with E-state index < -0.39 is 0 Å². The van der Waals surface area contributed by atoms with Crippen molar-refractivity contribution < 1.29 is 4.74 Å². The maximum Gasteiger partial charge on any atom is 0.219 e. The molecule has 3 nitrogen and oxygen atoms in total. The lowest BCUT2D eigenvalue weighted by Crippen LogP contribution is -2.07. The van der Waals surface area contributed by atoms with Crippen molar-refractivity contribution in [3.8, 4) is 11.6 Å². The molecule has 100 valence electrons. The van der Waals surface area contributed by atoms with Crippen LogP contribution in [0.15, 0.2) is 30.3 Å². The SMILES string of the molecule is CNCc1nc(Oc2ccc(Cl)cc2Cl)ccc1Cl. The van der Waals surface area contributed by atoms with Gasteiger partial charge in [0.15, 0.2) is 0 Å². The molecule has 2 aromatic rings. The first-order valence-corrected chi connectivity index (χ1v) is 6.66. The van der Waals surface area contributed by atoms with Gasteiger partial charge in [-0.15, -0.1) is 0 Å². The quantitative estimate of drug-likeness (QED) is 0.898. The van der Waals surface area contributed by atoms with Crippen molar-refractivity contribution in [3.05, 3.63) is 51.1 Å². The summed E-state index contributed by atoms with van der Waals surface area (Å²) in [5.41, 5.74) is 0.715. The van der Waals surface area contributed by atoms with E-state index in [1.54, 1.807) is 30.3 Å². The Labute approximate surface area is 126 Å². The van der Waals surface area contributed by atoms with Gasteiger partial charge >= 0.3 is 0 Å². The van der Waals surface area contributed by atoms with Crippen LogP contribution in [-0.4, -0.2) is 12.0 Å². The molecule has 0 saturated heterocycles. The minimum Gasteiger partial charge on any atom is -0.437 e. The van der Waals surface area contributed by atoms with E-state index in [1.807, 2.05) is 7.05 Å². The lowest BCUT2D eigenvalue weighted by atomic mass is 10.3. The summed E-state index contributed by atoms with van der Waals surface area (Å²) in [7, 11) is 1.82. The Morgan fingerprint density at radius 3 is 2.58 bits per heavy atom. The zero-order chi connectivity index (χ0) is 13.8. The van der Waals surface area contributed by atoms with Gasteiger partial charge in [-0.1, -0.05) is 34.8 Å². The lowest BCUT2D eigenvalue weighted by molar-refractivity contribution is 0.460. The molecule has 0 amide bonds. The van der Waals surface area contributed by atoms with Gasteiger partial charge in [0.25, 0.3) is 0 Å². The Hall–Kier alpha value is -1.000. The molecule has 0 aliphatic rings. The van der Waals surface area contributed by atoms with Crippen LogP contribution in [0.25, 0.3) is 0 Å². The van der Waals surface area contributed by atoms with Gasteiger partial charge < -0.3 is 10.1 Å². The zero-order valence-electron chi connectivity index (χ0n) is 10.1. The van der Waals surface area contributed by atoms with Crippen LogP contribution < -0.4 is 10.1 Å². The molecule has 0 bridgehead atoms. The van der Waals surface area contributed by atoms with Crippen LogP contribution in [0.3, 0.4) is 0 Å². The highest BCUT2D eigenvalue weighted by Crippen LogP contribution is 2.31. The first-order chi connectivity index (χ1) is 9.10. The van der Waals surface area contributed by atoms with Crippen molar-refractivity contribution in [2.45, 2.75) is 6.54 Å². The number of hydrogen-bond donors (Lipinski definition) is 1. The smallest absolute Gasteiger partial charge is 0.219 e. The molecule has 0 spiro atoms. The summed E-state index contributed by atoms with van der Waals surface area (Å²) in [6.07, 6.45) is 0.